The molecule has 0 aliphatic rings. The molecule has 0 saturated carbocycles. The van der Waals surface area contributed by atoms with Crippen LogP contribution in [-0.2, 0) is 0 Å². The summed E-state index contributed by atoms with van der Waals surface area (Å²) in [6.45, 7) is 8.40. The summed E-state index contributed by atoms with van der Waals surface area (Å²) in [5, 5.41) is 3.97. The highest BCUT2D eigenvalue weighted by atomic mass is 28.3. The summed E-state index contributed by atoms with van der Waals surface area (Å²) >= 11 is 0. The lowest BCUT2D eigenvalue weighted by Gasteiger charge is -2.02. The van der Waals surface area contributed by atoms with Crippen molar-refractivity contribution in [2.75, 3.05) is 0 Å². The van der Waals surface area contributed by atoms with E-state index < -0.39 is 8.07 Å². The molecule has 0 radical (unpaired) electrons. The van der Waals surface area contributed by atoms with Crippen molar-refractivity contribution in [2.45, 2.75) is 26.6 Å². The standard InChI is InChI=1S/C13H15N3OSi/c1-10-14-8-11(9-15-10)13-7-12(17-16-13)5-6-18(2,3)4/h7-9H,1-4H3. The Hall–Kier alpha value is -1.93. The number of aromatic nitrogens is 3. The molecule has 0 atom stereocenters. The third-order valence-corrected chi connectivity index (χ3v) is 3.02. The minimum Gasteiger partial charge on any atom is -0.347 e. The van der Waals surface area contributed by atoms with Crippen LogP contribution >= 0.6 is 0 Å². The lowest BCUT2D eigenvalue weighted by atomic mass is 10.2. The minimum absolute atomic E-state index is 0.591. The number of hydrogen-bond acceptors (Lipinski definition) is 4. The fourth-order valence-corrected chi connectivity index (χ4v) is 1.74. The van der Waals surface area contributed by atoms with Gasteiger partial charge in [-0.3, -0.25) is 0 Å². The van der Waals surface area contributed by atoms with Crippen molar-refractivity contribution in [3.8, 4) is 22.7 Å². The molecule has 0 fully saturated rings. The number of rotatable bonds is 1. The van der Waals surface area contributed by atoms with Crippen LogP contribution in [-0.4, -0.2) is 23.2 Å². The van der Waals surface area contributed by atoms with Gasteiger partial charge in [-0.1, -0.05) is 24.8 Å². The van der Waals surface area contributed by atoms with Crippen molar-refractivity contribution in [2.24, 2.45) is 0 Å². The van der Waals surface area contributed by atoms with Crippen LogP contribution < -0.4 is 0 Å². The molecule has 2 rings (SSSR count). The molecule has 0 amide bonds. The SMILES string of the molecule is Cc1ncc(-c2cc(C#C[Si](C)(C)C)on2)cn1. The van der Waals surface area contributed by atoms with Crippen molar-refractivity contribution in [3.05, 3.63) is 30.0 Å². The van der Waals surface area contributed by atoms with E-state index in [1.807, 2.05) is 13.0 Å². The van der Waals surface area contributed by atoms with Crippen LogP contribution in [0.3, 0.4) is 0 Å². The second kappa shape index (κ2) is 4.74. The highest BCUT2D eigenvalue weighted by Gasteiger charge is 2.09. The first kappa shape index (κ1) is 12.5. The van der Waals surface area contributed by atoms with Crippen LogP contribution in [0.25, 0.3) is 11.3 Å². The van der Waals surface area contributed by atoms with Gasteiger partial charge in [-0.15, -0.1) is 5.54 Å². The molecule has 2 aromatic rings. The summed E-state index contributed by atoms with van der Waals surface area (Å²) in [6.07, 6.45) is 3.46. The Bertz CT molecular complexity index is 600. The molecule has 5 heteroatoms. The van der Waals surface area contributed by atoms with Crippen LogP contribution in [0.5, 0.6) is 0 Å². The molecule has 0 unspecified atom stereocenters. The first-order valence-electron chi connectivity index (χ1n) is 5.73. The van der Waals surface area contributed by atoms with Gasteiger partial charge < -0.3 is 4.52 Å². The first-order valence-corrected chi connectivity index (χ1v) is 9.23. The van der Waals surface area contributed by atoms with Gasteiger partial charge in [-0.05, 0) is 12.8 Å². The number of aryl methyl sites for hydroxylation is 1. The van der Waals surface area contributed by atoms with Gasteiger partial charge in [0.15, 0.2) is 0 Å². The zero-order chi connectivity index (χ0) is 13.2. The molecular formula is C13H15N3OSi. The molecule has 4 nitrogen and oxygen atoms in total. The van der Waals surface area contributed by atoms with E-state index in [2.05, 4.69) is 46.2 Å². The van der Waals surface area contributed by atoms with E-state index in [1.165, 1.54) is 0 Å². The Morgan fingerprint density at radius 2 is 1.83 bits per heavy atom. The monoisotopic (exact) mass is 257 g/mol. The highest BCUT2D eigenvalue weighted by Crippen LogP contribution is 2.16. The lowest BCUT2D eigenvalue weighted by molar-refractivity contribution is 0.413. The summed E-state index contributed by atoms with van der Waals surface area (Å²) in [5.74, 6) is 4.36. The molecule has 0 aromatic carbocycles. The first-order chi connectivity index (χ1) is 8.44. The molecule has 0 spiro atoms. The quantitative estimate of drug-likeness (QED) is 0.582. The molecular weight excluding hydrogens is 242 g/mol. The van der Waals surface area contributed by atoms with Crippen molar-refractivity contribution in [1.29, 1.82) is 0 Å². The normalized spacial score (nSPS) is 10.9. The predicted molar refractivity (Wildman–Crippen MR) is 72.5 cm³/mol. The van der Waals surface area contributed by atoms with E-state index in [0.29, 0.717) is 5.76 Å². The molecule has 0 bridgehead atoms. The van der Waals surface area contributed by atoms with Gasteiger partial charge in [0, 0.05) is 24.0 Å². The van der Waals surface area contributed by atoms with Crippen LogP contribution in [0, 0.1) is 18.4 Å². The molecule has 2 aromatic heterocycles. The fourth-order valence-electron chi connectivity index (χ4n) is 1.24. The van der Waals surface area contributed by atoms with Crippen molar-refractivity contribution in [1.82, 2.24) is 15.1 Å². The van der Waals surface area contributed by atoms with Gasteiger partial charge in [0.2, 0.25) is 5.76 Å². The smallest absolute Gasteiger partial charge is 0.209 e. The van der Waals surface area contributed by atoms with Crippen LogP contribution in [0.15, 0.2) is 23.0 Å². The third kappa shape index (κ3) is 3.28. The zero-order valence-electron chi connectivity index (χ0n) is 11.0. The van der Waals surface area contributed by atoms with Crippen molar-refractivity contribution < 1.29 is 4.52 Å². The summed E-state index contributed by atoms with van der Waals surface area (Å²) < 4.78 is 5.19. The Kier molecular flexibility index (Phi) is 3.30. The van der Waals surface area contributed by atoms with Gasteiger partial charge in [0.1, 0.15) is 19.6 Å². The van der Waals surface area contributed by atoms with Crippen molar-refractivity contribution >= 4 is 8.07 Å². The molecule has 92 valence electrons. The van der Waals surface area contributed by atoms with Crippen LogP contribution in [0.4, 0.5) is 0 Å². The van der Waals surface area contributed by atoms with Gasteiger partial charge in [-0.25, -0.2) is 9.97 Å². The molecule has 2 heterocycles. The van der Waals surface area contributed by atoms with E-state index >= 15 is 0 Å². The number of nitrogens with zero attached hydrogens (tertiary/aromatic N) is 3. The zero-order valence-corrected chi connectivity index (χ0v) is 12.0. The van der Waals surface area contributed by atoms with E-state index in [4.69, 9.17) is 4.52 Å². The minimum atomic E-state index is -1.39. The molecule has 0 aliphatic carbocycles. The lowest BCUT2D eigenvalue weighted by Crippen LogP contribution is -2.16. The maximum atomic E-state index is 5.19. The molecule has 0 saturated heterocycles. The Labute approximate surface area is 107 Å². The molecule has 0 N–H and O–H groups in total. The topological polar surface area (TPSA) is 51.8 Å². The third-order valence-electron chi connectivity index (χ3n) is 2.15. The van der Waals surface area contributed by atoms with Crippen LogP contribution in [0.2, 0.25) is 19.6 Å². The average Bonchev–Trinajstić information content (AvgIpc) is 2.75. The number of hydrogen-bond donors (Lipinski definition) is 0. The largest absolute Gasteiger partial charge is 0.347 e. The average molecular weight is 257 g/mol. The summed E-state index contributed by atoms with van der Waals surface area (Å²) in [5.41, 5.74) is 4.79. The van der Waals surface area contributed by atoms with E-state index in [0.717, 1.165) is 17.1 Å². The predicted octanol–water partition coefficient (Wildman–Crippen LogP) is 2.67. The second-order valence-electron chi connectivity index (χ2n) is 5.10. The Morgan fingerprint density at radius 3 is 2.44 bits per heavy atom. The summed E-state index contributed by atoms with van der Waals surface area (Å²) in [7, 11) is -1.39. The van der Waals surface area contributed by atoms with E-state index in [1.54, 1.807) is 12.4 Å². The maximum Gasteiger partial charge on any atom is 0.209 e. The Balaban J connectivity index is 2.25. The molecule has 0 aliphatic heterocycles. The van der Waals surface area contributed by atoms with Crippen LogP contribution in [0.1, 0.15) is 11.6 Å². The van der Waals surface area contributed by atoms with Gasteiger partial charge in [0.05, 0.1) is 0 Å². The second-order valence-corrected chi connectivity index (χ2v) is 9.85. The summed E-state index contributed by atoms with van der Waals surface area (Å²) in [6, 6.07) is 1.82. The Morgan fingerprint density at radius 1 is 1.17 bits per heavy atom. The fraction of sp³-hybridized carbons (Fsp3) is 0.308. The highest BCUT2D eigenvalue weighted by molar-refractivity contribution is 6.83. The van der Waals surface area contributed by atoms with Crippen molar-refractivity contribution in [3.63, 3.8) is 0 Å². The summed E-state index contributed by atoms with van der Waals surface area (Å²) in [4.78, 5) is 8.26. The maximum absolute atomic E-state index is 5.19. The van der Waals surface area contributed by atoms with Gasteiger partial charge in [-0.2, -0.15) is 0 Å². The van der Waals surface area contributed by atoms with Gasteiger partial charge >= 0.3 is 0 Å². The van der Waals surface area contributed by atoms with E-state index in [9.17, 15) is 0 Å². The molecule has 18 heavy (non-hydrogen) atoms. The van der Waals surface area contributed by atoms with Gasteiger partial charge in [0.25, 0.3) is 0 Å². The van der Waals surface area contributed by atoms with E-state index in [-0.39, 0.29) is 0 Å².